The first-order valence-corrected chi connectivity index (χ1v) is 7.43. The van der Waals surface area contributed by atoms with Crippen LogP contribution in [0.3, 0.4) is 0 Å². The third-order valence-corrected chi connectivity index (χ3v) is 4.56. The van der Waals surface area contributed by atoms with Crippen LogP contribution in [-0.4, -0.2) is 0 Å². The molecule has 2 N–H and O–H groups in total. The van der Waals surface area contributed by atoms with Gasteiger partial charge in [-0.3, -0.25) is 0 Å². The summed E-state index contributed by atoms with van der Waals surface area (Å²) in [7, 11) is 0. The van der Waals surface area contributed by atoms with Crippen molar-refractivity contribution < 1.29 is 4.42 Å². The molecular formula is C17H15Cl2NO. The Hall–Kier alpha value is -1.48. The molecule has 0 bridgehead atoms. The van der Waals surface area contributed by atoms with E-state index in [9.17, 15) is 0 Å². The molecule has 1 aromatic heterocycles. The smallest absolute Gasteiger partial charge is 0.134 e. The van der Waals surface area contributed by atoms with Crippen molar-refractivity contribution in [3.63, 3.8) is 0 Å². The van der Waals surface area contributed by atoms with Gasteiger partial charge in [0.2, 0.25) is 0 Å². The zero-order valence-electron chi connectivity index (χ0n) is 11.8. The number of halogens is 2. The molecule has 0 aliphatic carbocycles. The summed E-state index contributed by atoms with van der Waals surface area (Å²) in [6.07, 6.45) is 0. The minimum absolute atomic E-state index is 0.441. The molecule has 0 saturated carbocycles. The number of rotatable bonds is 2. The van der Waals surface area contributed by atoms with Crippen LogP contribution in [0.2, 0.25) is 10.0 Å². The van der Waals surface area contributed by atoms with Gasteiger partial charge < -0.3 is 10.2 Å². The first-order chi connectivity index (χ1) is 9.99. The Morgan fingerprint density at radius 3 is 2.62 bits per heavy atom. The van der Waals surface area contributed by atoms with Gasteiger partial charge in [-0.25, -0.2) is 0 Å². The van der Waals surface area contributed by atoms with Crippen LogP contribution in [0, 0.1) is 13.8 Å². The molecule has 1 unspecified atom stereocenters. The van der Waals surface area contributed by atoms with E-state index in [1.807, 2.05) is 32.0 Å². The molecule has 1 heterocycles. The zero-order chi connectivity index (χ0) is 15.1. The topological polar surface area (TPSA) is 39.2 Å². The number of furan rings is 1. The average Bonchev–Trinajstić information content (AvgIpc) is 2.78. The number of nitrogens with two attached hydrogens (primary N) is 1. The Bertz CT molecular complexity index is 823. The van der Waals surface area contributed by atoms with Gasteiger partial charge in [0.15, 0.2) is 0 Å². The standard InChI is InChI=1S/C17H15Cl2NO/c1-9-6-7-11-10(2)17(21-14(11)8-9)16(20)12-4-3-5-13(18)15(12)19/h3-8,16H,20H2,1-2H3. The molecule has 2 nitrogen and oxygen atoms in total. The van der Waals surface area contributed by atoms with Crippen LogP contribution in [-0.2, 0) is 0 Å². The lowest BCUT2D eigenvalue weighted by atomic mass is 10.0. The normalized spacial score (nSPS) is 12.8. The second-order valence-corrected chi connectivity index (χ2v) is 6.00. The van der Waals surface area contributed by atoms with E-state index in [1.54, 1.807) is 6.07 Å². The van der Waals surface area contributed by atoms with Crippen LogP contribution in [0.25, 0.3) is 11.0 Å². The lowest BCUT2D eigenvalue weighted by Gasteiger charge is -2.13. The van der Waals surface area contributed by atoms with E-state index in [0.29, 0.717) is 10.0 Å². The van der Waals surface area contributed by atoms with Crippen LogP contribution in [0.5, 0.6) is 0 Å². The fraction of sp³-hybridized carbons (Fsp3) is 0.176. The van der Waals surface area contributed by atoms with Gasteiger partial charge in [-0.1, -0.05) is 47.5 Å². The summed E-state index contributed by atoms with van der Waals surface area (Å²) < 4.78 is 5.96. The molecule has 0 radical (unpaired) electrons. The third-order valence-electron chi connectivity index (χ3n) is 3.73. The van der Waals surface area contributed by atoms with Gasteiger partial charge in [-0.05, 0) is 37.1 Å². The van der Waals surface area contributed by atoms with E-state index in [0.717, 1.165) is 33.4 Å². The van der Waals surface area contributed by atoms with Crippen LogP contribution >= 0.6 is 23.2 Å². The van der Waals surface area contributed by atoms with E-state index in [1.165, 1.54) is 0 Å². The second kappa shape index (κ2) is 5.38. The molecule has 3 rings (SSSR count). The monoisotopic (exact) mass is 319 g/mol. The summed E-state index contributed by atoms with van der Waals surface area (Å²) in [5.74, 6) is 0.722. The fourth-order valence-electron chi connectivity index (χ4n) is 2.55. The van der Waals surface area contributed by atoms with Gasteiger partial charge in [-0.2, -0.15) is 0 Å². The highest BCUT2D eigenvalue weighted by Crippen LogP contribution is 2.36. The summed E-state index contributed by atoms with van der Waals surface area (Å²) in [6, 6.07) is 11.1. The van der Waals surface area contributed by atoms with Gasteiger partial charge >= 0.3 is 0 Å². The van der Waals surface area contributed by atoms with Crippen molar-refractivity contribution in [2.75, 3.05) is 0 Å². The van der Waals surface area contributed by atoms with E-state index in [2.05, 4.69) is 12.1 Å². The molecule has 4 heteroatoms. The lowest BCUT2D eigenvalue weighted by Crippen LogP contribution is -2.12. The molecule has 3 aromatic rings. The van der Waals surface area contributed by atoms with Crippen LogP contribution in [0.4, 0.5) is 0 Å². The van der Waals surface area contributed by atoms with Crippen molar-refractivity contribution >= 4 is 34.2 Å². The van der Waals surface area contributed by atoms with E-state index in [-0.39, 0.29) is 0 Å². The third kappa shape index (κ3) is 2.44. The summed E-state index contributed by atoms with van der Waals surface area (Å²) in [5.41, 5.74) is 10.1. The van der Waals surface area contributed by atoms with Gasteiger partial charge in [0.05, 0.1) is 16.1 Å². The fourth-order valence-corrected chi connectivity index (χ4v) is 2.98. The quantitative estimate of drug-likeness (QED) is 0.686. The van der Waals surface area contributed by atoms with Crippen LogP contribution < -0.4 is 5.73 Å². The van der Waals surface area contributed by atoms with E-state index in [4.69, 9.17) is 33.4 Å². The van der Waals surface area contributed by atoms with Gasteiger partial charge in [-0.15, -0.1) is 0 Å². The van der Waals surface area contributed by atoms with Crippen molar-refractivity contribution in [2.45, 2.75) is 19.9 Å². The molecule has 0 amide bonds. The zero-order valence-corrected chi connectivity index (χ0v) is 13.3. The maximum atomic E-state index is 6.35. The first-order valence-electron chi connectivity index (χ1n) is 6.68. The van der Waals surface area contributed by atoms with Gasteiger partial charge in [0, 0.05) is 10.9 Å². The molecule has 0 aliphatic heterocycles. The second-order valence-electron chi connectivity index (χ2n) is 5.21. The molecule has 2 aromatic carbocycles. The summed E-state index contributed by atoms with van der Waals surface area (Å²) >= 11 is 12.3. The predicted octanol–water partition coefficient (Wildman–Crippen LogP) is 5.40. The minimum Gasteiger partial charge on any atom is -0.459 e. The highest BCUT2D eigenvalue weighted by Gasteiger charge is 2.21. The minimum atomic E-state index is -0.441. The highest BCUT2D eigenvalue weighted by atomic mass is 35.5. The molecule has 21 heavy (non-hydrogen) atoms. The molecule has 0 aliphatic rings. The van der Waals surface area contributed by atoms with Crippen molar-refractivity contribution in [1.29, 1.82) is 0 Å². The van der Waals surface area contributed by atoms with Gasteiger partial charge in [0.1, 0.15) is 11.3 Å². The first kappa shape index (κ1) is 14.5. The van der Waals surface area contributed by atoms with Crippen LogP contribution in [0.15, 0.2) is 40.8 Å². The molecular weight excluding hydrogens is 305 g/mol. The Morgan fingerprint density at radius 1 is 1.10 bits per heavy atom. The summed E-state index contributed by atoms with van der Waals surface area (Å²) in [4.78, 5) is 0. The summed E-state index contributed by atoms with van der Waals surface area (Å²) in [6.45, 7) is 4.04. The van der Waals surface area contributed by atoms with E-state index >= 15 is 0 Å². The summed E-state index contributed by atoms with van der Waals surface area (Å²) in [5, 5.41) is 2.04. The van der Waals surface area contributed by atoms with Crippen molar-refractivity contribution in [3.05, 3.63) is 68.9 Å². The molecule has 108 valence electrons. The van der Waals surface area contributed by atoms with Gasteiger partial charge in [0.25, 0.3) is 0 Å². The maximum Gasteiger partial charge on any atom is 0.134 e. The van der Waals surface area contributed by atoms with Crippen molar-refractivity contribution in [2.24, 2.45) is 5.73 Å². The van der Waals surface area contributed by atoms with Crippen molar-refractivity contribution in [3.8, 4) is 0 Å². The average molecular weight is 320 g/mol. The molecule has 0 spiro atoms. The number of hydrogen-bond donors (Lipinski definition) is 1. The Labute approximate surface area is 133 Å². The largest absolute Gasteiger partial charge is 0.459 e. The maximum absolute atomic E-state index is 6.35. The number of benzene rings is 2. The molecule has 0 fully saturated rings. The lowest BCUT2D eigenvalue weighted by molar-refractivity contribution is 0.521. The highest BCUT2D eigenvalue weighted by molar-refractivity contribution is 6.42. The number of fused-ring (bicyclic) bond motifs is 1. The molecule has 1 atom stereocenters. The number of aryl methyl sites for hydroxylation is 2. The Kier molecular flexibility index (Phi) is 3.70. The Balaban J connectivity index is 2.15. The molecule has 0 saturated heterocycles. The number of hydrogen-bond acceptors (Lipinski definition) is 2. The Morgan fingerprint density at radius 2 is 1.86 bits per heavy atom. The van der Waals surface area contributed by atoms with Crippen molar-refractivity contribution in [1.82, 2.24) is 0 Å². The predicted molar refractivity (Wildman–Crippen MR) is 88.2 cm³/mol. The SMILES string of the molecule is Cc1ccc2c(C)c(C(N)c3cccc(Cl)c3Cl)oc2c1. The van der Waals surface area contributed by atoms with Crippen LogP contribution in [0.1, 0.15) is 28.5 Å². The van der Waals surface area contributed by atoms with E-state index < -0.39 is 6.04 Å².